The zero-order valence-electron chi connectivity index (χ0n) is 7.82. The van der Waals surface area contributed by atoms with Gasteiger partial charge in [-0.05, 0) is 19.1 Å². The average Bonchev–Trinajstić information content (AvgIpc) is 2.65. The molecular formula is C11H10N2O. The van der Waals surface area contributed by atoms with Gasteiger partial charge in [0.05, 0.1) is 0 Å². The third-order valence-corrected chi connectivity index (χ3v) is 2.56. The van der Waals surface area contributed by atoms with E-state index in [0.717, 1.165) is 27.8 Å². The van der Waals surface area contributed by atoms with Gasteiger partial charge in [0.1, 0.15) is 11.1 Å². The van der Waals surface area contributed by atoms with Gasteiger partial charge in [-0.1, -0.05) is 12.1 Å². The van der Waals surface area contributed by atoms with Crippen molar-refractivity contribution in [3.63, 3.8) is 0 Å². The van der Waals surface area contributed by atoms with Gasteiger partial charge in [-0.25, -0.2) is 0 Å². The minimum atomic E-state index is 0.853. The van der Waals surface area contributed by atoms with E-state index < -0.39 is 0 Å². The SMILES string of the molecule is Cc1cc2oc3ccccc3c2n1N. The van der Waals surface area contributed by atoms with Crippen molar-refractivity contribution in [1.29, 1.82) is 0 Å². The summed E-state index contributed by atoms with van der Waals surface area (Å²) in [5.74, 6) is 5.91. The third-order valence-electron chi connectivity index (χ3n) is 2.56. The Labute approximate surface area is 80.7 Å². The molecule has 0 unspecified atom stereocenters. The lowest BCUT2D eigenvalue weighted by molar-refractivity contribution is 0.669. The highest BCUT2D eigenvalue weighted by Gasteiger charge is 2.11. The Balaban J connectivity index is 2.62. The van der Waals surface area contributed by atoms with E-state index in [1.54, 1.807) is 4.68 Å². The van der Waals surface area contributed by atoms with Crippen LogP contribution in [0.5, 0.6) is 0 Å². The Morgan fingerprint density at radius 3 is 2.86 bits per heavy atom. The van der Waals surface area contributed by atoms with Crippen LogP contribution >= 0.6 is 0 Å². The summed E-state index contributed by atoms with van der Waals surface area (Å²) in [5, 5.41) is 1.07. The van der Waals surface area contributed by atoms with Crippen molar-refractivity contribution in [3.8, 4) is 0 Å². The second-order valence-electron chi connectivity index (χ2n) is 3.47. The molecule has 2 N–H and O–H groups in total. The fourth-order valence-electron chi connectivity index (χ4n) is 1.83. The molecular weight excluding hydrogens is 176 g/mol. The zero-order chi connectivity index (χ0) is 9.71. The molecule has 0 atom stereocenters. The molecule has 0 amide bonds. The number of benzene rings is 1. The second kappa shape index (κ2) is 2.32. The van der Waals surface area contributed by atoms with E-state index in [9.17, 15) is 0 Å². The molecule has 0 aliphatic carbocycles. The summed E-state index contributed by atoms with van der Waals surface area (Å²) in [5.41, 5.74) is 3.71. The van der Waals surface area contributed by atoms with Crippen LogP contribution in [-0.2, 0) is 0 Å². The lowest BCUT2D eigenvalue weighted by atomic mass is 10.2. The van der Waals surface area contributed by atoms with Crippen molar-refractivity contribution in [2.24, 2.45) is 0 Å². The largest absolute Gasteiger partial charge is 0.454 e. The molecule has 0 aliphatic heterocycles. The second-order valence-corrected chi connectivity index (χ2v) is 3.47. The monoisotopic (exact) mass is 186 g/mol. The lowest BCUT2D eigenvalue weighted by Gasteiger charge is -1.96. The van der Waals surface area contributed by atoms with E-state index in [0.29, 0.717) is 0 Å². The molecule has 0 saturated carbocycles. The van der Waals surface area contributed by atoms with Gasteiger partial charge in [0.15, 0.2) is 5.58 Å². The van der Waals surface area contributed by atoms with E-state index >= 15 is 0 Å². The molecule has 0 fully saturated rings. The quantitative estimate of drug-likeness (QED) is 0.548. The lowest BCUT2D eigenvalue weighted by Crippen LogP contribution is -2.08. The summed E-state index contributed by atoms with van der Waals surface area (Å²) < 4.78 is 7.32. The van der Waals surface area contributed by atoms with Gasteiger partial charge in [-0.3, -0.25) is 4.68 Å². The molecule has 2 heterocycles. The maximum absolute atomic E-state index is 5.91. The van der Waals surface area contributed by atoms with Gasteiger partial charge in [0, 0.05) is 17.1 Å². The molecule has 0 aliphatic rings. The maximum atomic E-state index is 5.91. The minimum absolute atomic E-state index is 0.853. The first-order chi connectivity index (χ1) is 6.77. The molecule has 3 aromatic rings. The first kappa shape index (κ1) is 7.50. The number of nitrogens with zero attached hydrogens (tertiary/aromatic N) is 1. The van der Waals surface area contributed by atoms with E-state index in [1.807, 2.05) is 37.3 Å². The number of aromatic nitrogens is 1. The van der Waals surface area contributed by atoms with Crippen LogP contribution in [0.3, 0.4) is 0 Å². The highest BCUT2D eigenvalue weighted by atomic mass is 16.3. The molecule has 2 aromatic heterocycles. The topological polar surface area (TPSA) is 44.1 Å². The van der Waals surface area contributed by atoms with Gasteiger partial charge in [-0.2, -0.15) is 0 Å². The predicted molar refractivity (Wildman–Crippen MR) is 56.6 cm³/mol. The van der Waals surface area contributed by atoms with Crippen LogP contribution in [0.4, 0.5) is 0 Å². The first-order valence-corrected chi connectivity index (χ1v) is 4.52. The molecule has 3 heteroatoms. The van der Waals surface area contributed by atoms with E-state index in [1.165, 1.54) is 0 Å². The maximum Gasteiger partial charge on any atom is 0.155 e. The van der Waals surface area contributed by atoms with Crippen LogP contribution in [0.2, 0.25) is 0 Å². The Morgan fingerprint density at radius 1 is 1.21 bits per heavy atom. The Kier molecular flexibility index (Phi) is 1.24. The number of aryl methyl sites for hydroxylation is 1. The number of para-hydroxylation sites is 1. The molecule has 0 spiro atoms. The van der Waals surface area contributed by atoms with Crippen molar-refractivity contribution in [3.05, 3.63) is 36.0 Å². The molecule has 0 bridgehead atoms. The zero-order valence-corrected chi connectivity index (χ0v) is 7.82. The summed E-state index contributed by atoms with van der Waals surface area (Å²) in [6, 6.07) is 9.86. The van der Waals surface area contributed by atoms with Crippen LogP contribution < -0.4 is 5.84 Å². The number of nitrogen functional groups attached to an aromatic ring is 1. The molecule has 0 saturated heterocycles. The highest BCUT2D eigenvalue weighted by molar-refractivity contribution is 6.03. The van der Waals surface area contributed by atoms with Gasteiger partial charge in [-0.15, -0.1) is 0 Å². The van der Waals surface area contributed by atoms with Gasteiger partial charge >= 0.3 is 0 Å². The van der Waals surface area contributed by atoms with Crippen LogP contribution in [0, 0.1) is 6.92 Å². The fourth-order valence-corrected chi connectivity index (χ4v) is 1.83. The highest BCUT2D eigenvalue weighted by Crippen LogP contribution is 2.29. The predicted octanol–water partition coefficient (Wildman–Crippen LogP) is 2.41. The smallest absolute Gasteiger partial charge is 0.155 e. The Morgan fingerprint density at radius 2 is 2.00 bits per heavy atom. The van der Waals surface area contributed by atoms with E-state index in [2.05, 4.69) is 0 Å². The fraction of sp³-hybridized carbons (Fsp3) is 0.0909. The van der Waals surface area contributed by atoms with Crippen LogP contribution in [-0.4, -0.2) is 4.68 Å². The number of hydrogen-bond donors (Lipinski definition) is 1. The van der Waals surface area contributed by atoms with Crippen LogP contribution in [0.1, 0.15) is 5.69 Å². The van der Waals surface area contributed by atoms with Gasteiger partial charge in [0.2, 0.25) is 0 Å². The third kappa shape index (κ3) is 0.763. The standard InChI is InChI=1S/C11H10N2O/c1-7-6-10-11(13(7)12)8-4-2-3-5-9(8)14-10/h2-6H,12H2,1H3. The normalized spacial score (nSPS) is 11.5. The number of fused-ring (bicyclic) bond motifs is 3. The number of rotatable bonds is 0. The summed E-state index contributed by atoms with van der Waals surface area (Å²) in [6.45, 7) is 1.96. The summed E-state index contributed by atoms with van der Waals surface area (Å²) in [6.07, 6.45) is 0. The molecule has 0 radical (unpaired) electrons. The first-order valence-electron chi connectivity index (χ1n) is 4.52. The van der Waals surface area contributed by atoms with Crippen LogP contribution in [0.25, 0.3) is 22.1 Å². The van der Waals surface area contributed by atoms with Gasteiger partial charge in [0.25, 0.3) is 0 Å². The molecule has 1 aromatic carbocycles. The number of hydrogen-bond acceptors (Lipinski definition) is 2. The van der Waals surface area contributed by atoms with Crippen LogP contribution in [0.15, 0.2) is 34.7 Å². The van der Waals surface area contributed by atoms with Gasteiger partial charge < -0.3 is 10.3 Å². The van der Waals surface area contributed by atoms with E-state index in [4.69, 9.17) is 10.3 Å². The summed E-state index contributed by atoms with van der Waals surface area (Å²) >= 11 is 0. The van der Waals surface area contributed by atoms with E-state index in [-0.39, 0.29) is 0 Å². The molecule has 3 nitrogen and oxygen atoms in total. The average molecular weight is 186 g/mol. The van der Waals surface area contributed by atoms with Crippen molar-refractivity contribution in [2.75, 3.05) is 5.84 Å². The molecule has 70 valence electrons. The van der Waals surface area contributed by atoms with Crippen molar-refractivity contribution in [1.82, 2.24) is 4.68 Å². The Bertz CT molecular complexity index is 619. The van der Waals surface area contributed by atoms with Crippen molar-refractivity contribution in [2.45, 2.75) is 6.92 Å². The number of furan rings is 1. The minimum Gasteiger partial charge on any atom is -0.454 e. The molecule has 3 rings (SSSR count). The summed E-state index contributed by atoms with van der Waals surface area (Å²) in [7, 11) is 0. The Hall–Kier alpha value is -1.90. The van der Waals surface area contributed by atoms with Crippen molar-refractivity contribution >= 4 is 22.1 Å². The van der Waals surface area contributed by atoms with Crippen molar-refractivity contribution < 1.29 is 4.42 Å². The summed E-state index contributed by atoms with van der Waals surface area (Å²) in [4.78, 5) is 0. The molecule has 14 heavy (non-hydrogen) atoms. The number of nitrogens with two attached hydrogens (primary N) is 1.